The molecule has 166 valence electrons. The van der Waals surface area contributed by atoms with Crippen LogP contribution in [0.5, 0.6) is 0 Å². The Hall–Kier alpha value is -1.04. The molecule has 0 atom stereocenters. The van der Waals surface area contributed by atoms with Crippen molar-refractivity contribution in [1.82, 2.24) is 0 Å². The van der Waals surface area contributed by atoms with Crippen LogP contribution in [0, 0.1) is 0 Å². The van der Waals surface area contributed by atoms with E-state index in [2.05, 4.69) is 31.8 Å². The topological polar surface area (TPSA) is 46.2 Å². The Bertz CT molecular complexity index is 331. The molecule has 0 aromatic heterocycles. The molecule has 0 aliphatic carbocycles. The molecule has 0 unspecified atom stereocenters. The van der Waals surface area contributed by atoms with E-state index in [1.54, 1.807) is 13.0 Å². The highest BCUT2D eigenvalue weighted by atomic mass is 17.8. The zero-order chi connectivity index (χ0) is 20.4. The Morgan fingerprint density at radius 3 is 1.39 bits per heavy atom. The quantitative estimate of drug-likeness (QED) is 0.0745. The minimum absolute atomic E-state index is 0.970. The lowest BCUT2D eigenvalue weighted by Crippen LogP contribution is -1.93. The normalized spacial score (nSPS) is 11.6. The third-order valence-electron chi connectivity index (χ3n) is 4.70. The second kappa shape index (κ2) is 26.0. The van der Waals surface area contributed by atoms with Crippen molar-refractivity contribution >= 4 is 0 Å². The lowest BCUT2D eigenvalue weighted by molar-refractivity contribution is -0.692. The van der Waals surface area contributed by atoms with Crippen LogP contribution in [-0.4, -0.2) is 0 Å². The molecule has 28 heavy (non-hydrogen) atoms. The van der Waals surface area contributed by atoms with Gasteiger partial charge in [0, 0.05) is 15.1 Å². The Kier molecular flexibility index (Phi) is 25.0. The van der Waals surface area contributed by atoms with Crippen LogP contribution in [0.2, 0.25) is 0 Å². The molecule has 0 aliphatic heterocycles. The molecule has 0 aliphatic rings. The van der Waals surface area contributed by atoms with Crippen molar-refractivity contribution in [1.29, 1.82) is 0 Å². The fourth-order valence-electron chi connectivity index (χ4n) is 3.06. The monoisotopic (exact) mass is 400 g/mol. The van der Waals surface area contributed by atoms with Gasteiger partial charge >= 0.3 is 0 Å². The predicted octanol–water partition coefficient (Wildman–Crippen LogP) is 8.43. The van der Waals surface area contributed by atoms with Gasteiger partial charge in [0.25, 0.3) is 0 Å². The summed E-state index contributed by atoms with van der Waals surface area (Å²) in [6.07, 6.45) is 29.4. The van der Waals surface area contributed by atoms with Crippen molar-refractivity contribution in [3.05, 3.63) is 24.7 Å². The molecule has 0 rings (SSSR count). The van der Waals surface area contributed by atoms with Crippen LogP contribution in [0.25, 0.3) is 0 Å². The lowest BCUT2D eigenvalue weighted by atomic mass is 10.0. The Balaban J connectivity index is 3.05. The van der Waals surface area contributed by atoms with Crippen molar-refractivity contribution in [3.8, 4) is 0 Å². The number of allylic oxidation sites excluding steroid dienone is 2. The van der Waals surface area contributed by atoms with E-state index in [-0.39, 0.29) is 0 Å². The third-order valence-corrected chi connectivity index (χ3v) is 4.70. The third kappa shape index (κ3) is 25.0. The molecule has 0 aromatic rings. The van der Waals surface area contributed by atoms with Gasteiger partial charge in [-0.3, -0.25) is 0 Å². The molecule has 0 N–H and O–H groups in total. The van der Waals surface area contributed by atoms with Gasteiger partial charge in [0.1, 0.15) is 12.5 Å². The second-order valence-corrected chi connectivity index (χ2v) is 7.33. The van der Waals surface area contributed by atoms with Crippen molar-refractivity contribution in [2.45, 2.75) is 123 Å². The highest BCUT2D eigenvalue weighted by Gasteiger charge is 1.94. The van der Waals surface area contributed by atoms with Crippen LogP contribution in [0.4, 0.5) is 0 Å². The molecule has 0 amide bonds. The van der Waals surface area contributed by atoms with E-state index in [0.29, 0.717) is 0 Å². The van der Waals surface area contributed by atoms with Gasteiger partial charge in [0.15, 0.2) is 0 Å². The molecule has 0 spiro atoms. The molecule has 0 saturated heterocycles. The van der Waals surface area contributed by atoms with E-state index in [0.717, 1.165) is 6.42 Å². The van der Waals surface area contributed by atoms with Gasteiger partial charge in [-0.15, -0.1) is 0 Å². The molecular formula is C23H44O5. The smallest absolute Gasteiger partial charge is 0.129 e. The average Bonchev–Trinajstić information content (AvgIpc) is 2.71. The summed E-state index contributed by atoms with van der Waals surface area (Å²) in [5.41, 5.74) is 0. The van der Waals surface area contributed by atoms with E-state index in [9.17, 15) is 0 Å². The van der Waals surface area contributed by atoms with Crippen LogP contribution < -0.4 is 0 Å². The van der Waals surface area contributed by atoms with E-state index in [1.165, 1.54) is 115 Å². The summed E-state index contributed by atoms with van der Waals surface area (Å²) in [5, 5.41) is 12.5. The van der Waals surface area contributed by atoms with Crippen LogP contribution in [0.1, 0.15) is 123 Å². The lowest BCUT2D eigenvalue weighted by Gasteiger charge is -2.03. The summed E-state index contributed by atoms with van der Waals surface area (Å²) >= 11 is 0. The first kappa shape index (κ1) is 27.0. The van der Waals surface area contributed by atoms with Gasteiger partial charge in [-0.2, -0.15) is 0 Å². The Morgan fingerprint density at radius 2 is 0.929 bits per heavy atom. The second-order valence-electron chi connectivity index (χ2n) is 7.33. The van der Waals surface area contributed by atoms with Crippen molar-refractivity contribution in [2.75, 3.05) is 0 Å². The number of unbranched alkanes of at least 4 members (excludes halogenated alkanes) is 16. The fourth-order valence-corrected chi connectivity index (χ4v) is 3.06. The van der Waals surface area contributed by atoms with Crippen LogP contribution in [0.15, 0.2) is 24.7 Å². The maximum absolute atomic E-state index is 4.61. The largest absolute Gasteiger partial charge is 0.314 e. The number of hydrogen-bond acceptors (Lipinski definition) is 5. The van der Waals surface area contributed by atoms with Gasteiger partial charge in [-0.05, 0) is 31.9 Å². The van der Waals surface area contributed by atoms with Gasteiger partial charge in [-0.25, -0.2) is 0 Å². The van der Waals surface area contributed by atoms with E-state index >= 15 is 0 Å². The van der Waals surface area contributed by atoms with Gasteiger partial charge in [-0.1, -0.05) is 103 Å². The molecule has 0 aromatic carbocycles. The SMILES string of the molecule is CC=COOOOOC=CCCCCCCCCCCCCCCCCCC. The zero-order valence-electron chi connectivity index (χ0n) is 18.4. The van der Waals surface area contributed by atoms with Crippen LogP contribution >= 0.6 is 0 Å². The first-order valence-corrected chi connectivity index (χ1v) is 11.5. The first-order valence-electron chi connectivity index (χ1n) is 11.5. The highest BCUT2D eigenvalue weighted by molar-refractivity contribution is 4.71. The average molecular weight is 401 g/mol. The predicted molar refractivity (Wildman–Crippen MR) is 114 cm³/mol. The number of rotatable bonds is 23. The Labute approximate surface area is 173 Å². The molecule has 5 heteroatoms. The highest BCUT2D eigenvalue weighted by Crippen LogP contribution is 2.14. The minimum atomic E-state index is 0.970. The summed E-state index contributed by atoms with van der Waals surface area (Å²) in [6, 6.07) is 0. The van der Waals surface area contributed by atoms with Crippen molar-refractivity contribution in [3.63, 3.8) is 0 Å². The summed E-state index contributed by atoms with van der Waals surface area (Å²) in [5.74, 6) is 0. The van der Waals surface area contributed by atoms with Gasteiger partial charge < -0.3 is 9.78 Å². The summed E-state index contributed by atoms with van der Waals surface area (Å²) < 4.78 is 0. The molecule has 0 bridgehead atoms. The van der Waals surface area contributed by atoms with E-state index in [4.69, 9.17) is 0 Å². The maximum atomic E-state index is 4.61. The zero-order valence-corrected chi connectivity index (χ0v) is 18.4. The summed E-state index contributed by atoms with van der Waals surface area (Å²) in [7, 11) is 0. The first-order chi connectivity index (χ1) is 13.9. The van der Waals surface area contributed by atoms with Crippen molar-refractivity contribution < 1.29 is 24.9 Å². The van der Waals surface area contributed by atoms with Crippen LogP contribution in [-0.2, 0) is 24.9 Å². The maximum Gasteiger partial charge on any atom is 0.129 e. The van der Waals surface area contributed by atoms with Crippen molar-refractivity contribution in [2.24, 2.45) is 0 Å². The van der Waals surface area contributed by atoms with E-state index < -0.39 is 0 Å². The molecule has 0 saturated carbocycles. The van der Waals surface area contributed by atoms with Gasteiger partial charge in [0.2, 0.25) is 0 Å². The molecule has 0 heterocycles. The molecule has 0 radical (unpaired) electrons. The number of hydrogen-bond donors (Lipinski definition) is 0. The standard InChI is InChI=1S/C23H44O5/c1-3-5-6-7-8-9-10-11-12-13-14-15-16-17-18-19-20-21-23-25-27-28-26-24-22-4-2/h4,21-23H,3,5-20H2,1-2H3. The molecule has 0 fully saturated rings. The minimum Gasteiger partial charge on any atom is -0.314 e. The van der Waals surface area contributed by atoms with E-state index in [1.807, 2.05) is 6.08 Å². The summed E-state index contributed by atoms with van der Waals surface area (Å²) in [4.78, 5) is 9.01. The van der Waals surface area contributed by atoms with Crippen LogP contribution in [0.3, 0.4) is 0 Å². The molecular weight excluding hydrogens is 356 g/mol. The molecule has 5 nitrogen and oxygen atoms in total. The summed E-state index contributed by atoms with van der Waals surface area (Å²) in [6.45, 7) is 4.06. The van der Waals surface area contributed by atoms with Gasteiger partial charge in [0.05, 0.1) is 0 Å². The Morgan fingerprint density at radius 1 is 0.500 bits per heavy atom. The fraction of sp³-hybridized carbons (Fsp3) is 0.826.